The molecule has 34 heavy (non-hydrogen) atoms. The molecule has 6 aromatic rings. The number of amides is 1. The van der Waals surface area contributed by atoms with Gasteiger partial charge in [0, 0.05) is 28.9 Å². The Morgan fingerprint density at radius 3 is 2.32 bits per heavy atom. The molecule has 0 aliphatic rings. The number of carbonyl (C=O) groups excluding carboxylic acids is 1. The van der Waals surface area contributed by atoms with Gasteiger partial charge in [-0.2, -0.15) is 0 Å². The molecule has 1 N–H and O–H groups in total. The smallest absolute Gasteiger partial charge is 0.257 e. The van der Waals surface area contributed by atoms with E-state index >= 15 is 0 Å². The van der Waals surface area contributed by atoms with Crippen molar-refractivity contribution in [2.75, 3.05) is 17.4 Å². The molecule has 0 bridgehead atoms. The summed E-state index contributed by atoms with van der Waals surface area (Å²) >= 11 is 0. The minimum atomic E-state index is -0.165. The van der Waals surface area contributed by atoms with Crippen LogP contribution in [0.3, 0.4) is 0 Å². The molecule has 0 aliphatic carbocycles. The van der Waals surface area contributed by atoms with Gasteiger partial charge in [-0.05, 0) is 36.4 Å². The van der Waals surface area contributed by atoms with Crippen molar-refractivity contribution in [1.82, 2.24) is 14.6 Å². The quantitative estimate of drug-likeness (QED) is 0.369. The van der Waals surface area contributed by atoms with Gasteiger partial charge in [-0.3, -0.25) is 14.5 Å². The average Bonchev–Trinajstić information content (AvgIpc) is 3.23. The van der Waals surface area contributed by atoms with Gasteiger partial charge in [0.05, 0.1) is 22.1 Å². The van der Waals surface area contributed by atoms with Gasteiger partial charge in [-0.1, -0.05) is 60.7 Å². The topological polar surface area (TPSA) is 63.1 Å². The van der Waals surface area contributed by atoms with Crippen LogP contribution in [0.25, 0.3) is 32.7 Å². The number of carbonyl (C=O) groups is 1. The Kier molecular flexibility index (Phi) is 4.70. The van der Waals surface area contributed by atoms with E-state index in [0.717, 1.165) is 44.2 Å². The number of aromatic nitrogens is 3. The summed E-state index contributed by atoms with van der Waals surface area (Å²) in [6, 6.07) is 31.4. The van der Waals surface area contributed by atoms with Gasteiger partial charge >= 0.3 is 0 Å². The average molecular weight is 444 g/mol. The lowest BCUT2D eigenvalue weighted by Gasteiger charge is -2.24. The maximum Gasteiger partial charge on any atom is 0.257 e. The third kappa shape index (κ3) is 3.16. The van der Waals surface area contributed by atoms with Gasteiger partial charge in [-0.15, -0.1) is 0 Å². The van der Waals surface area contributed by atoms with Crippen molar-refractivity contribution in [2.24, 2.45) is 0 Å². The zero-order valence-electron chi connectivity index (χ0n) is 18.5. The van der Waals surface area contributed by atoms with Crippen LogP contribution in [0.15, 0.2) is 103 Å². The highest BCUT2D eigenvalue weighted by Crippen LogP contribution is 2.34. The number of nitrogens with one attached hydrogen (secondary N) is 1. The lowest BCUT2D eigenvalue weighted by molar-refractivity contribution is 0.102. The number of anilines is 2. The zero-order chi connectivity index (χ0) is 23.1. The van der Waals surface area contributed by atoms with Crippen LogP contribution in [-0.4, -0.2) is 27.6 Å². The Morgan fingerprint density at radius 2 is 1.47 bits per heavy atom. The minimum Gasteiger partial charge on any atom is -0.322 e. The number of fused-ring (bicyclic) bond motifs is 4. The first-order chi connectivity index (χ1) is 16.7. The summed E-state index contributed by atoms with van der Waals surface area (Å²) in [7, 11) is 1.96. The van der Waals surface area contributed by atoms with Crippen LogP contribution in [0.5, 0.6) is 0 Å². The molecule has 0 radical (unpaired) electrons. The molecule has 0 atom stereocenters. The fourth-order valence-corrected chi connectivity index (χ4v) is 4.55. The Bertz CT molecular complexity index is 1670. The molecule has 6 nitrogen and oxygen atoms in total. The molecular formula is C28H21N5O. The van der Waals surface area contributed by atoms with E-state index in [1.54, 1.807) is 6.33 Å². The maximum atomic E-state index is 13.5. The van der Waals surface area contributed by atoms with Crippen molar-refractivity contribution >= 4 is 50.1 Å². The first-order valence-electron chi connectivity index (χ1n) is 11.0. The van der Waals surface area contributed by atoms with Gasteiger partial charge in [0.2, 0.25) is 0 Å². The third-order valence-electron chi connectivity index (χ3n) is 6.07. The molecule has 164 valence electrons. The molecule has 0 aliphatic heterocycles. The van der Waals surface area contributed by atoms with Crippen LogP contribution < -0.4 is 10.3 Å². The Labute approximate surface area is 196 Å². The molecule has 0 fully saturated rings. The second kappa shape index (κ2) is 8.01. The van der Waals surface area contributed by atoms with Crippen LogP contribution in [0.4, 0.5) is 11.5 Å². The largest absolute Gasteiger partial charge is 0.322 e. The molecule has 2 aromatic heterocycles. The molecular weight excluding hydrogens is 422 g/mol. The van der Waals surface area contributed by atoms with Crippen molar-refractivity contribution in [3.63, 3.8) is 0 Å². The fraction of sp³-hybridized carbons (Fsp3) is 0.0357. The normalized spacial score (nSPS) is 11.2. The van der Waals surface area contributed by atoms with Gasteiger partial charge in [0.25, 0.3) is 5.91 Å². The van der Waals surface area contributed by atoms with Crippen molar-refractivity contribution in [3.05, 3.63) is 109 Å². The number of hydrogen-bond donors (Lipinski definition) is 1. The van der Waals surface area contributed by atoms with Crippen LogP contribution in [-0.2, 0) is 0 Å². The van der Waals surface area contributed by atoms with E-state index in [4.69, 9.17) is 0 Å². The van der Waals surface area contributed by atoms with Crippen LogP contribution in [0.1, 0.15) is 10.4 Å². The van der Waals surface area contributed by atoms with Crippen LogP contribution in [0.2, 0.25) is 0 Å². The molecule has 6 heteroatoms. The number of benzene rings is 4. The highest BCUT2D eigenvalue weighted by molar-refractivity contribution is 6.18. The predicted molar refractivity (Wildman–Crippen MR) is 137 cm³/mol. The Balaban J connectivity index is 1.60. The molecule has 0 saturated carbocycles. The van der Waals surface area contributed by atoms with E-state index in [2.05, 4.69) is 38.2 Å². The molecule has 0 spiro atoms. The van der Waals surface area contributed by atoms with E-state index in [1.165, 1.54) is 0 Å². The van der Waals surface area contributed by atoms with E-state index < -0.39 is 0 Å². The summed E-state index contributed by atoms with van der Waals surface area (Å²) < 4.78 is 2.07. The van der Waals surface area contributed by atoms with Crippen molar-refractivity contribution in [1.29, 1.82) is 0 Å². The third-order valence-corrected chi connectivity index (χ3v) is 6.07. The zero-order valence-corrected chi connectivity index (χ0v) is 18.5. The summed E-state index contributed by atoms with van der Waals surface area (Å²) in [5.74, 6) is 0.591. The highest BCUT2D eigenvalue weighted by atomic mass is 16.1. The van der Waals surface area contributed by atoms with Crippen molar-refractivity contribution < 1.29 is 4.79 Å². The lowest BCUT2D eigenvalue weighted by Crippen LogP contribution is -2.27. The summed E-state index contributed by atoms with van der Waals surface area (Å²) in [5.41, 5.74) is 4.01. The monoisotopic (exact) mass is 443 g/mol. The van der Waals surface area contributed by atoms with Crippen molar-refractivity contribution in [2.45, 2.75) is 0 Å². The standard InChI is InChI=1S/C28H21N5O/c1-32(27-22-13-5-7-16-24(22)29-18-30-27)33-25-17-8-6-12-20(25)21-14-9-15-23(26(21)33)28(34)31-19-10-3-2-4-11-19/h2-18H,1H3,(H,31,34). The fourth-order valence-electron chi connectivity index (χ4n) is 4.55. The van der Waals surface area contributed by atoms with E-state index in [-0.39, 0.29) is 5.91 Å². The number of hydrogen-bond acceptors (Lipinski definition) is 4. The van der Waals surface area contributed by atoms with Gasteiger partial charge in [0.1, 0.15) is 6.33 Å². The number of para-hydroxylation sites is 4. The lowest BCUT2D eigenvalue weighted by atomic mass is 10.1. The van der Waals surface area contributed by atoms with Gasteiger partial charge < -0.3 is 5.32 Å². The maximum absolute atomic E-state index is 13.5. The molecule has 1 amide bonds. The first-order valence-corrected chi connectivity index (χ1v) is 11.0. The van der Waals surface area contributed by atoms with Gasteiger partial charge in [0.15, 0.2) is 5.82 Å². The molecule has 4 aromatic carbocycles. The van der Waals surface area contributed by atoms with Gasteiger partial charge in [-0.25, -0.2) is 9.97 Å². The molecule has 0 saturated heterocycles. The summed E-state index contributed by atoms with van der Waals surface area (Å²) in [6.45, 7) is 0. The first kappa shape index (κ1) is 19.9. The van der Waals surface area contributed by atoms with Crippen LogP contribution >= 0.6 is 0 Å². The summed E-state index contributed by atoms with van der Waals surface area (Å²) in [4.78, 5) is 22.5. The van der Waals surface area contributed by atoms with E-state index in [9.17, 15) is 4.79 Å². The number of nitrogens with zero attached hydrogens (tertiary/aromatic N) is 4. The van der Waals surface area contributed by atoms with E-state index in [0.29, 0.717) is 5.56 Å². The highest BCUT2D eigenvalue weighted by Gasteiger charge is 2.22. The number of rotatable bonds is 4. The Hall–Kier alpha value is -4.71. The molecule has 0 unspecified atom stereocenters. The second-order valence-electron chi connectivity index (χ2n) is 8.09. The van der Waals surface area contributed by atoms with E-state index in [1.807, 2.05) is 90.9 Å². The predicted octanol–water partition coefficient (Wildman–Crippen LogP) is 5.89. The SMILES string of the molecule is CN(c1ncnc2ccccc12)n1c2ccccc2c2cccc(C(=O)Nc3ccccc3)c21. The molecule has 6 rings (SSSR count). The Morgan fingerprint density at radius 1 is 0.765 bits per heavy atom. The minimum absolute atomic E-state index is 0.165. The summed E-state index contributed by atoms with van der Waals surface area (Å²) in [5, 5.41) is 8.03. The molecule has 2 heterocycles. The summed E-state index contributed by atoms with van der Waals surface area (Å²) in [6.07, 6.45) is 1.57. The second-order valence-corrected chi connectivity index (χ2v) is 8.09. The van der Waals surface area contributed by atoms with Crippen molar-refractivity contribution in [3.8, 4) is 0 Å². The van der Waals surface area contributed by atoms with Crippen LogP contribution in [0, 0.1) is 0 Å².